The van der Waals surface area contributed by atoms with Crippen LogP contribution >= 0.6 is 11.6 Å². The first kappa shape index (κ1) is 15.7. The average Bonchev–Trinajstić information content (AvgIpc) is 3.35. The fourth-order valence-electron chi connectivity index (χ4n) is 2.61. The molecule has 0 radical (unpaired) electrons. The van der Waals surface area contributed by atoms with E-state index in [-0.39, 0.29) is 5.41 Å². The lowest BCUT2D eigenvalue weighted by molar-refractivity contribution is 0.415. The zero-order valence-electron chi connectivity index (χ0n) is 13.1. The molecule has 120 valence electrons. The molecule has 3 N–H and O–H groups in total. The highest BCUT2D eigenvalue weighted by Crippen LogP contribution is 2.48. The van der Waals surface area contributed by atoms with E-state index in [0.717, 1.165) is 29.3 Å². The Labute approximate surface area is 141 Å². The van der Waals surface area contributed by atoms with Gasteiger partial charge in [-0.25, -0.2) is 0 Å². The molecule has 0 bridgehead atoms. The number of nitrogens with two attached hydrogens (primary N) is 1. The van der Waals surface area contributed by atoms with Crippen LogP contribution in [0.1, 0.15) is 18.4 Å². The molecule has 0 heterocycles. The zero-order chi connectivity index (χ0) is 16.3. The Bertz CT molecular complexity index is 708. The largest absolute Gasteiger partial charge is 0.497 e. The number of guanidine groups is 1. The maximum absolute atomic E-state index is 6.09. The van der Waals surface area contributed by atoms with Crippen molar-refractivity contribution >= 4 is 23.2 Å². The van der Waals surface area contributed by atoms with Gasteiger partial charge in [-0.15, -0.1) is 0 Å². The smallest absolute Gasteiger partial charge is 0.193 e. The minimum Gasteiger partial charge on any atom is -0.497 e. The second-order valence-corrected chi connectivity index (χ2v) is 6.28. The molecule has 1 aliphatic carbocycles. The first-order valence-corrected chi connectivity index (χ1v) is 7.96. The van der Waals surface area contributed by atoms with Crippen molar-refractivity contribution < 1.29 is 4.74 Å². The number of aliphatic imine (C=N–C) groups is 1. The van der Waals surface area contributed by atoms with E-state index in [0.29, 0.717) is 12.5 Å². The number of benzene rings is 2. The summed E-state index contributed by atoms with van der Waals surface area (Å²) in [5.41, 5.74) is 8.23. The molecule has 0 spiro atoms. The van der Waals surface area contributed by atoms with Crippen molar-refractivity contribution in [3.05, 3.63) is 59.1 Å². The summed E-state index contributed by atoms with van der Waals surface area (Å²) in [6.45, 7) is 0.669. The number of methoxy groups -OCH3 is 1. The normalized spacial score (nSPS) is 16.0. The van der Waals surface area contributed by atoms with Crippen LogP contribution in [0.5, 0.6) is 5.75 Å². The van der Waals surface area contributed by atoms with Crippen LogP contribution in [-0.2, 0) is 5.41 Å². The number of rotatable bonds is 5. The molecule has 0 atom stereocenters. The average molecular weight is 330 g/mol. The molecule has 4 nitrogen and oxygen atoms in total. The molecule has 0 amide bonds. The van der Waals surface area contributed by atoms with E-state index in [1.165, 1.54) is 5.56 Å². The summed E-state index contributed by atoms with van der Waals surface area (Å²) in [6, 6.07) is 15.6. The van der Waals surface area contributed by atoms with Crippen molar-refractivity contribution in [1.82, 2.24) is 0 Å². The number of nitrogens with zero attached hydrogens (tertiary/aromatic N) is 1. The van der Waals surface area contributed by atoms with Crippen molar-refractivity contribution in [3.63, 3.8) is 0 Å². The van der Waals surface area contributed by atoms with Crippen molar-refractivity contribution in [2.45, 2.75) is 18.3 Å². The van der Waals surface area contributed by atoms with Gasteiger partial charge in [0, 0.05) is 16.1 Å². The Balaban J connectivity index is 1.64. The lowest BCUT2D eigenvalue weighted by Crippen LogP contribution is -2.24. The maximum Gasteiger partial charge on any atom is 0.193 e. The molecule has 2 aromatic carbocycles. The van der Waals surface area contributed by atoms with Crippen molar-refractivity contribution in [1.29, 1.82) is 0 Å². The van der Waals surface area contributed by atoms with Gasteiger partial charge >= 0.3 is 0 Å². The third kappa shape index (κ3) is 3.77. The number of anilines is 1. The predicted molar refractivity (Wildman–Crippen MR) is 95.5 cm³/mol. The molecule has 23 heavy (non-hydrogen) atoms. The standard InChI is InChI=1S/C18H20ClN3O/c1-23-16-7-5-15(6-8-16)22-17(20)21-12-18(9-10-18)13-3-2-4-14(19)11-13/h2-8,11H,9-10,12H2,1H3,(H3,20,21,22). The van der Waals surface area contributed by atoms with Crippen molar-refractivity contribution in [2.24, 2.45) is 10.7 Å². The van der Waals surface area contributed by atoms with Crippen LogP contribution in [0.25, 0.3) is 0 Å². The molecule has 1 aliphatic rings. The third-order valence-corrected chi connectivity index (χ3v) is 4.44. The van der Waals surface area contributed by atoms with Gasteiger partial charge in [-0.05, 0) is 54.8 Å². The van der Waals surface area contributed by atoms with Crippen LogP contribution in [0.2, 0.25) is 5.02 Å². The van der Waals surface area contributed by atoms with Gasteiger partial charge in [-0.1, -0.05) is 23.7 Å². The Hall–Kier alpha value is -2.20. The van der Waals surface area contributed by atoms with Crippen LogP contribution < -0.4 is 15.8 Å². The number of hydrogen-bond donors (Lipinski definition) is 2. The van der Waals surface area contributed by atoms with Gasteiger partial charge in [-0.2, -0.15) is 0 Å². The van der Waals surface area contributed by atoms with Gasteiger partial charge in [0.25, 0.3) is 0 Å². The highest BCUT2D eigenvalue weighted by Gasteiger charge is 2.44. The van der Waals surface area contributed by atoms with Crippen molar-refractivity contribution in [2.75, 3.05) is 19.0 Å². The number of nitrogens with one attached hydrogen (secondary N) is 1. The molecule has 0 saturated heterocycles. The number of ether oxygens (including phenoxy) is 1. The predicted octanol–water partition coefficient (Wildman–Crippen LogP) is 3.81. The summed E-state index contributed by atoms with van der Waals surface area (Å²) in [6.07, 6.45) is 2.24. The summed E-state index contributed by atoms with van der Waals surface area (Å²) in [5, 5.41) is 3.87. The highest BCUT2D eigenvalue weighted by atomic mass is 35.5. The van der Waals surface area contributed by atoms with E-state index in [1.54, 1.807) is 7.11 Å². The fourth-order valence-corrected chi connectivity index (χ4v) is 2.80. The molecule has 1 saturated carbocycles. The molecule has 0 aromatic heterocycles. The minimum atomic E-state index is 0.0944. The number of hydrogen-bond acceptors (Lipinski definition) is 2. The molecule has 3 rings (SSSR count). The first-order valence-electron chi connectivity index (χ1n) is 7.58. The van der Waals surface area contributed by atoms with E-state index in [2.05, 4.69) is 16.4 Å². The Morgan fingerprint density at radius 2 is 2.00 bits per heavy atom. The SMILES string of the molecule is COc1ccc(NC(N)=NCC2(c3cccc(Cl)c3)CC2)cc1. The Morgan fingerprint density at radius 3 is 2.61 bits per heavy atom. The van der Waals surface area contributed by atoms with Gasteiger partial charge in [0.2, 0.25) is 0 Å². The molecule has 0 unspecified atom stereocenters. The van der Waals surface area contributed by atoms with Crippen LogP contribution in [0, 0.1) is 0 Å². The van der Waals surface area contributed by atoms with E-state index < -0.39 is 0 Å². The minimum absolute atomic E-state index is 0.0944. The van der Waals surface area contributed by atoms with Crippen LogP contribution in [-0.4, -0.2) is 19.6 Å². The van der Waals surface area contributed by atoms with Crippen LogP contribution in [0.15, 0.2) is 53.5 Å². The Kier molecular flexibility index (Phi) is 4.44. The second kappa shape index (κ2) is 6.50. The molecule has 5 heteroatoms. The van der Waals surface area contributed by atoms with Crippen molar-refractivity contribution in [3.8, 4) is 5.75 Å². The van der Waals surface area contributed by atoms with Gasteiger partial charge in [0.15, 0.2) is 5.96 Å². The summed E-state index contributed by atoms with van der Waals surface area (Å²) in [5.74, 6) is 1.23. The third-order valence-electron chi connectivity index (χ3n) is 4.21. The monoisotopic (exact) mass is 329 g/mol. The van der Waals surface area contributed by atoms with Gasteiger partial charge < -0.3 is 15.8 Å². The van der Waals surface area contributed by atoms with E-state index in [1.807, 2.05) is 42.5 Å². The Morgan fingerprint density at radius 1 is 1.26 bits per heavy atom. The molecule has 2 aromatic rings. The lowest BCUT2D eigenvalue weighted by Gasteiger charge is -2.14. The lowest BCUT2D eigenvalue weighted by atomic mass is 9.96. The molecule has 0 aliphatic heterocycles. The van der Waals surface area contributed by atoms with Crippen LogP contribution in [0.4, 0.5) is 5.69 Å². The van der Waals surface area contributed by atoms with Gasteiger partial charge in [0.05, 0.1) is 13.7 Å². The molecular formula is C18H20ClN3O. The van der Waals surface area contributed by atoms with E-state index in [4.69, 9.17) is 22.1 Å². The van der Waals surface area contributed by atoms with Crippen LogP contribution in [0.3, 0.4) is 0 Å². The fraction of sp³-hybridized carbons (Fsp3) is 0.278. The van der Waals surface area contributed by atoms with E-state index in [9.17, 15) is 0 Å². The summed E-state index contributed by atoms with van der Waals surface area (Å²) < 4.78 is 5.13. The van der Waals surface area contributed by atoms with Gasteiger partial charge in [0.1, 0.15) is 5.75 Å². The quantitative estimate of drug-likeness (QED) is 0.648. The summed E-state index contributed by atoms with van der Waals surface area (Å²) >= 11 is 6.09. The first-order chi connectivity index (χ1) is 11.1. The molecular weight excluding hydrogens is 310 g/mol. The highest BCUT2D eigenvalue weighted by molar-refractivity contribution is 6.30. The van der Waals surface area contributed by atoms with E-state index >= 15 is 0 Å². The number of halogens is 1. The van der Waals surface area contributed by atoms with Gasteiger partial charge in [-0.3, -0.25) is 4.99 Å². The topological polar surface area (TPSA) is 59.6 Å². The zero-order valence-corrected chi connectivity index (χ0v) is 13.8. The summed E-state index contributed by atoms with van der Waals surface area (Å²) in [7, 11) is 1.64. The molecule has 1 fully saturated rings. The second-order valence-electron chi connectivity index (χ2n) is 5.85. The maximum atomic E-state index is 6.09. The summed E-state index contributed by atoms with van der Waals surface area (Å²) in [4.78, 5) is 4.51.